The third-order valence-electron chi connectivity index (χ3n) is 5.53. The van der Waals surface area contributed by atoms with Gasteiger partial charge in [-0.1, -0.05) is 6.08 Å². The zero-order valence-corrected chi connectivity index (χ0v) is 15.9. The summed E-state index contributed by atoms with van der Waals surface area (Å²) in [6.07, 6.45) is 7.09. The Morgan fingerprint density at radius 3 is 2.82 bits per heavy atom. The highest BCUT2D eigenvalue weighted by molar-refractivity contribution is 5.93. The summed E-state index contributed by atoms with van der Waals surface area (Å²) in [5.41, 5.74) is 6.78. The molecule has 2 aliphatic heterocycles. The second-order valence-corrected chi connectivity index (χ2v) is 7.42. The van der Waals surface area contributed by atoms with E-state index in [0.717, 1.165) is 80.2 Å². The highest BCUT2D eigenvalue weighted by Gasteiger charge is 2.14. The second-order valence-electron chi connectivity index (χ2n) is 7.42. The van der Waals surface area contributed by atoms with Crippen molar-refractivity contribution in [3.63, 3.8) is 0 Å². The predicted octanol–water partition coefficient (Wildman–Crippen LogP) is 2.83. The fraction of sp³-hybridized carbons (Fsp3) is 0.364. The topological polar surface area (TPSA) is 66.1 Å². The average molecular weight is 375 g/mol. The first-order valence-electron chi connectivity index (χ1n) is 10.00. The Kier molecular flexibility index (Phi) is 4.91. The maximum Gasteiger partial charge on any atom is 0.0811 e. The first-order valence-corrected chi connectivity index (χ1v) is 10.00. The molecule has 1 fully saturated rings. The second kappa shape index (κ2) is 7.83. The molecule has 2 N–H and O–H groups in total. The Morgan fingerprint density at radius 1 is 1.11 bits per heavy atom. The first kappa shape index (κ1) is 17.6. The highest BCUT2D eigenvalue weighted by Crippen LogP contribution is 2.28. The molecule has 3 aromatic rings. The molecule has 0 aliphatic carbocycles. The van der Waals surface area contributed by atoms with Crippen LogP contribution < -0.4 is 5.32 Å². The van der Waals surface area contributed by atoms with Crippen molar-refractivity contribution in [3.8, 4) is 11.3 Å². The van der Waals surface area contributed by atoms with Gasteiger partial charge in [0.05, 0.1) is 24.6 Å². The van der Waals surface area contributed by atoms with Crippen molar-refractivity contribution in [1.29, 1.82) is 0 Å². The zero-order valence-electron chi connectivity index (χ0n) is 15.9. The molecule has 0 atom stereocenters. The summed E-state index contributed by atoms with van der Waals surface area (Å²) in [6, 6.07) is 8.54. The number of nitrogens with one attached hydrogen (secondary N) is 2. The molecule has 0 unspecified atom stereocenters. The van der Waals surface area contributed by atoms with Crippen LogP contribution in [-0.2, 0) is 11.3 Å². The molecule has 1 saturated heterocycles. The molecule has 144 valence electrons. The van der Waals surface area contributed by atoms with Crippen LogP contribution >= 0.6 is 0 Å². The van der Waals surface area contributed by atoms with Crippen LogP contribution in [0.5, 0.6) is 0 Å². The van der Waals surface area contributed by atoms with Gasteiger partial charge in [0, 0.05) is 60.7 Å². The van der Waals surface area contributed by atoms with Gasteiger partial charge in [-0.05, 0) is 42.8 Å². The summed E-state index contributed by atoms with van der Waals surface area (Å²) >= 11 is 0. The van der Waals surface area contributed by atoms with E-state index in [1.807, 2.05) is 18.5 Å². The van der Waals surface area contributed by atoms with Crippen molar-refractivity contribution in [2.45, 2.75) is 13.0 Å². The number of fused-ring (bicyclic) bond motifs is 1. The Balaban J connectivity index is 1.42. The van der Waals surface area contributed by atoms with Gasteiger partial charge in [0.15, 0.2) is 0 Å². The SMILES string of the molecule is C1=C(c2ccc(-c3nccc4[nH]c(CN5CCOCC5)cc34)cn2)CCNC1. The molecule has 0 amide bonds. The average Bonchev–Trinajstić information content (AvgIpc) is 3.18. The van der Waals surface area contributed by atoms with Gasteiger partial charge >= 0.3 is 0 Å². The van der Waals surface area contributed by atoms with Gasteiger partial charge in [0.2, 0.25) is 0 Å². The third-order valence-corrected chi connectivity index (χ3v) is 5.53. The molecule has 2 aliphatic rings. The van der Waals surface area contributed by atoms with Gasteiger partial charge in [-0.3, -0.25) is 14.9 Å². The van der Waals surface area contributed by atoms with E-state index in [0.29, 0.717) is 0 Å². The molecule has 3 aromatic heterocycles. The minimum absolute atomic E-state index is 0.817. The molecule has 0 saturated carbocycles. The van der Waals surface area contributed by atoms with E-state index in [1.54, 1.807) is 0 Å². The molecule has 6 heteroatoms. The summed E-state index contributed by atoms with van der Waals surface area (Å²) in [5, 5.41) is 4.50. The van der Waals surface area contributed by atoms with E-state index in [-0.39, 0.29) is 0 Å². The summed E-state index contributed by atoms with van der Waals surface area (Å²) in [5.74, 6) is 0. The predicted molar refractivity (Wildman–Crippen MR) is 111 cm³/mol. The number of aromatic nitrogens is 3. The Morgan fingerprint density at radius 2 is 2.04 bits per heavy atom. The van der Waals surface area contributed by atoms with E-state index in [9.17, 15) is 0 Å². The van der Waals surface area contributed by atoms with Crippen molar-refractivity contribution in [1.82, 2.24) is 25.2 Å². The van der Waals surface area contributed by atoms with Crippen LogP contribution in [0.1, 0.15) is 17.8 Å². The van der Waals surface area contributed by atoms with E-state index >= 15 is 0 Å². The maximum atomic E-state index is 5.45. The zero-order chi connectivity index (χ0) is 18.8. The van der Waals surface area contributed by atoms with Gasteiger partial charge in [0.1, 0.15) is 0 Å². The molecule has 28 heavy (non-hydrogen) atoms. The summed E-state index contributed by atoms with van der Waals surface area (Å²) < 4.78 is 5.45. The number of H-pyrrole nitrogens is 1. The number of pyridine rings is 2. The fourth-order valence-electron chi connectivity index (χ4n) is 4.01. The van der Waals surface area contributed by atoms with Gasteiger partial charge in [-0.2, -0.15) is 0 Å². The minimum Gasteiger partial charge on any atom is -0.379 e. The molecule has 6 nitrogen and oxygen atoms in total. The van der Waals surface area contributed by atoms with Crippen molar-refractivity contribution >= 4 is 16.5 Å². The van der Waals surface area contributed by atoms with Crippen molar-refractivity contribution in [3.05, 3.63) is 54.1 Å². The smallest absolute Gasteiger partial charge is 0.0811 e. The molecule has 0 aromatic carbocycles. The van der Waals surface area contributed by atoms with E-state index in [1.165, 1.54) is 11.3 Å². The third kappa shape index (κ3) is 3.58. The lowest BCUT2D eigenvalue weighted by Gasteiger charge is -2.25. The van der Waals surface area contributed by atoms with E-state index < -0.39 is 0 Å². The summed E-state index contributed by atoms with van der Waals surface area (Å²) in [4.78, 5) is 15.4. The van der Waals surface area contributed by atoms with Crippen LogP contribution in [-0.4, -0.2) is 59.2 Å². The number of morpholine rings is 1. The summed E-state index contributed by atoms with van der Waals surface area (Å²) in [6.45, 7) is 6.46. The molecule has 5 rings (SSSR count). The minimum atomic E-state index is 0.817. The molecular weight excluding hydrogens is 350 g/mol. The molecule has 0 bridgehead atoms. The van der Waals surface area contributed by atoms with Gasteiger partial charge in [0.25, 0.3) is 0 Å². The van der Waals surface area contributed by atoms with Crippen molar-refractivity contribution in [2.24, 2.45) is 0 Å². The quantitative estimate of drug-likeness (QED) is 0.734. The number of aromatic amines is 1. The van der Waals surface area contributed by atoms with E-state index in [4.69, 9.17) is 9.72 Å². The van der Waals surface area contributed by atoms with Gasteiger partial charge < -0.3 is 15.0 Å². The Labute approximate surface area is 164 Å². The number of nitrogens with zero attached hydrogens (tertiary/aromatic N) is 3. The van der Waals surface area contributed by atoms with Crippen molar-refractivity contribution in [2.75, 3.05) is 39.4 Å². The van der Waals surface area contributed by atoms with Crippen LogP contribution in [0.3, 0.4) is 0 Å². The van der Waals surface area contributed by atoms with Crippen LogP contribution in [0.2, 0.25) is 0 Å². The number of rotatable bonds is 4. The Bertz CT molecular complexity index is 986. The molecule has 0 radical (unpaired) electrons. The largest absolute Gasteiger partial charge is 0.379 e. The lowest BCUT2D eigenvalue weighted by atomic mass is 10.0. The van der Waals surface area contributed by atoms with Crippen LogP contribution in [0.15, 0.2) is 42.7 Å². The van der Waals surface area contributed by atoms with Crippen LogP contribution in [0.25, 0.3) is 27.7 Å². The number of hydrogen-bond acceptors (Lipinski definition) is 5. The normalized spacial score (nSPS) is 18.4. The first-order chi connectivity index (χ1) is 13.9. The van der Waals surface area contributed by atoms with Gasteiger partial charge in [-0.25, -0.2) is 0 Å². The molecular formula is C22H25N5O. The number of hydrogen-bond donors (Lipinski definition) is 2. The Hall–Kier alpha value is -2.54. The lowest BCUT2D eigenvalue weighted by Crippen LogP contribution is -2.35. The monoisotopic (exact) mass is 375 g/mol. The highest BCUT2D eigenvalue weighted by atomic mass is 16.5. The van der Waals surface area contributed by atoms with Crippen molar-refractivity contribution < 1.29 is 4.74 Å². The van der Waals surface area contributed by atoms with Gasteiger partial charge in [-0.15, -0.1) is 0 Å². The molecule has 0 spiro atoms. The maximum absolute atomic E-state index is 5.45. The molecule has 5 heterocycles. The van der Waals surface area contributed by atoms with E-state index in [2.05, 4.69) is 44.5 Å². The lowest BCUT2D eigenvalue weighted by molar-refractivity contribution is 0.0337. The van der Waals surface area contributed by atoms with Crippen LogP contribution in [0.4, 0.5) is 0 Å². The standard InChI is InChI=1S/C22H25N5O/c1-2-20(16-3-6-23-7-4-16)25-14-17(1)22-19-13-18(26-21(19)5-8-24-22)15-27-9-11-28-12-10-27/h1-3,5,8,13-14,23,26H,4,6-7,9-12,15H2. The fourth-order valence-corrected chi connectivity index (χ4v) is 4.01. The summed E-state index contributed by atoms with van der Waals surface area (Å²) in [7, 11) is 0. The van der Waals surface area contributed by atoms with Crippen LogP contribution in [0, 0.1) is 0 Å². The number of ether oxygens (including phenoxy) is 1.